The Morgan fingerprint density at radius 1 is 1.27 bits per heavy atom. The van der Waals surface area contributed by atoms with Gasteiger partial charge in [0, 0.05) is 22.7 Å². The van der Waals surface area contributed by atoms with Gasteiger partial charge >= 0.3 is 5.97 Å². The maximum absolute atomic E-state index is 12.6. The lowest BCUT2D eigenvalue weighted by molar-refractivity contribution is 0.0696. The molecule has 1 unspecified atom stereocenters. The molecule has 0 saturated carbocycles. The number of carbonyl (C=O) groups is 2. The molecule has 2 aromatic rings. The molecule has 0 saturated heterocycles. The molecule has 0 bridgehead atoms. The van der Waals surface area contributed by atoms with E-state index in [0.29, 0.717) is 17.1 Å². The highest BCUT2D eigenvalue weighted by Crippen LogP contribution is 2.43. The highest BCUT2D eigenvalue weighted by molar-refractivity contribution is 7.17. The molecule has 1 aliphatic rings. The van der Waals surface area contributed by atoms with Crippen LogP contribution in [0.3, 0.4) is 0 Å². The summed E-state index contributed by atoms with van der Waals surface area (Å²) in [5, 5.41) is 24.7. The van der Waals surface area contributed by atoms with Crippen molar-refractivity contribution >= 4 is 33.9 Å². The van der Waals surface area contributed by atoms with E-state index < -0.39 is 5.97 Å². The third-order valence-electron chi connectivity index (χ3n) is 4.58. The number of anilines is 2. The lowest BCUT2D eigenvalue weighted by Crippen LogP contribution is -2.15. The number of carboxylic acids is 1. The largest absolute Gasteiger partial charge is 0.478 e. The van der Waals surface area contributed by atoms with Crippen molar-refractivity contribution in [3.63, 3.8) is 0 Å². The number of fused-ring (bicyclic) bond motifs is 1. The van der Waals surface area contributed by atoms with Crippen LogP contribution in [0.4, 0.5) is 10.7 Å². The lowest BCUT2D eigenvalue weighted by Gasteiger charge is -2.19. The first-order chi connectivity index (χ1) is 12.5. The SMILES string of the molecule is CC1CCCc2sc(NC(=O)c3ccc(NCCO)cc3)c(C(=O)O)c21. The van der Waals surface area contributed by atoms with Gasteiger partial charge in [-0.3, -0.25) is 4.79 Å². The molecule has 7 heteroatoms. The number of hydrogen-bond acceptors (Lipinski definition) is 5. The highest BCUT2D eigenvalue weighted by Gasteiger charge is 2.29. The van der Waals surface area contributed by atoms with Crippen molar-refractivity contribution in [2.75, 3.05) is 23.8 Å². The molecular formula is C19H22N2O4S. The summed E-state index contributed by atoms with van der Waals surface area (Å²) in [7, 11) is 0. The van der Waals surface area contributed by atoms with E-state index in [2.05, 4.69) is 10.6 Å². The van der Waals surface area contributed by atoms with Crippen molar-refractivity contribution in [3.05, 3.63) is 45.8 Å². The predicted octanol–water partition coefficient (Wildman–Crippen LogP) is 3.54. The van der Waals surface area contributed by atoms with E-state index >= 15 is 0 Å². The van der Waals surface area contributed by atoms with Gasteiger partial charge in [-0.2, -0.15) is 0 Å². The van der Waals surface area contributed by atoms with E-state index in [9.17, 15) is 14.7 Å². The third-order valence-corrected chi connectivity index (χ3v) is 5.77. The summed E-state index contributed by atoms with van der Waals surface area (Å²) < 4.78 is 0. The number of nitrogens with one attached hydrogen (secondary N) is 2. The average molecular weight is 374 g/mol. The van der Waals surface area contributed by atoms with E-state index in [1.165, 1.54) is 11.3 Å². The van der Waals surface area contributed by atoms with Gasteiger partial charge in [0.1, 0.15) is 5.00 Å². The molecule has 1 aliphatic carbocycles. The van der Waals surface area contributed by atoms with Gasteiger partial charge in [0.05, 0.1) is 12.2 Å². The van der Waals surface area contributed by atoms with Crippen LogP contribution in [0.15, 0.2) is 24.3 Å². The zero-order valence-electron chi connectivity index (χ0n) is 14.5. The summed E-state index contributed by atoms with van der Waals surface area (Å²) in [6, 6.07) is 6.85. The standard InChI is InChI=1S/C19H22N2O4S/c1-11-3-2-4-14-15(11)16(19(24)25)18(26-14)21-17(23)12-5-7-13(8-6-12)20-9-10-22/h5-8,11,20,22H,2-4,9-10H2,1H3,(H,21,23)(H,24,25). The van der Waals surface area contributed by atoms with Crippen LogP contribution >= 0.6 is 11.3 Å². The molecule has 0 fully saturated rings. The summed E-state index contributed by atoms with van der Waals surface area (Å²) in [6.45, 7) is 2.51. The number of thiophene rings is 1. The molecule has 26 heavy (non-hydrogen) atoms. The molecule has 4 N–H and O–H groups in total. The van der Waals surface area contributed by atoms with Crippen LogP contribution in [0, 0.1) is 0 Å². The molecule has 3 rings (SSSR count). The first kappa shape index (κ1) is 18.4. The molecule has 6 nitrogen and oxygen atoms in total. The quantitative estimate of drug-likeness (QED) is 0.620. The highest BCUT2D eigenvalue weighted by atomic mass is 32.1. The van der Waals surface area contributed by atoms with E-state index in [1.807, 2.05) is 6.92 Å². The normalized spacial score (nSPS) is 16.0. The van der Waals surface area contributed by atoms with Crippen molar-refractivity contribution in [1.82, 2.24) is 0 Å². The number of aromatic carboxylic acids is 1. The Labute approximate surface area is 155 Å². The number of aliphatic hydroxyl groups excluding tert-OH is 1. The van der Waals surface area contributed by atoms with Crippen LogP contribution < -0.4 is 10.6 Å². The Morgan fingerprint density at radius 2 is 2.00 bits per heavy atom. The number of carboxylic acid groups (broad SMARTS) is 1. The van der Waals surface area contributed by atoms with Crippen LogP contribution in [0.1, 0.15) is 56.8 Å². The van der Waals surface area contributed by atoms with Crippen LogP contribution in [0.25, 0.3) is 0 Å². The van der Waals surface area contributed by atoms with Crippen LogP contribution in [0.5, 0.6) is 0 Å². The minimum absolute atomic E-state index is 0.0294. The molecule has 1 heterocycles. The van der Waals surface area contributed by atoms with Gasteiger partial charge in [0.25, 0.3) is 5.91 Å². The Kier molecular flexibility index (Phi) is 5.58. The maximum atomic E-state index is 12.6. The molecular weight excluding hydrogens is 352 g/mol. The van der Waals surface area contributed by atoms with E-state index in [-0.39, 0.29) is 24.0 Å². The zero-order chi connectivity index (χ0) is 18.7. The lowest BCUT2D eigenvalue weighted by atomic mass is 9.86. The number of benzene rings is 1. The van der Waals surface area contributed by atoms with Gasteiger partial charge < -0.3 is 20.8 Å². The second kappa shape index (κ2) is 7.88. The number of amides is 1. The van der Waals surface area contributed by atoms with Crippen molar-refractivity contribution < 1.29 is 19.8 Å². The van der Waals surface area contributed by atoms with Gasteiger partial charge in [-0.15, -0.1) is 11.3 Å². The molecule has 1 atom stereocenters. The number of rotatable bonds is 6. The number of aliphatic hydroxyl groups is 1. The summed E-state index contributed by atoms with van der Waals surface area (Å²) in [4.78, 5) is 25.4. The molecule has 0 aliphatic heterocycles. The minimum atomic E-state index is -0.991. The topological polar surface area (TPSA) is 98.7 Å². The fourth-order valence-electron chi connectivity index (χ4n) is 3.33. The smallest absolute Gasteiger partial charge is 0.339 e. The van der Waals surface area contributed by atoms with Gasteiger partial charge in [0.15, 0.2) is 0 Å². The van der Waals surface area contributed by atoms with E-state index in [0.717, 1.165) is 35.4 Å². The fourth-order valence-corrected chi connectivity index (χ4v) is 4.68. The first-order valence-electron chi connectivity index (χ1n) is 8.66. The molecule has 1 aromatic carbocycles. The Morgan fingerprint density at radius 3 is 2.65 bits per heavy atom. The van der Waals surface area contributed by atoms with Crippen molar-refractivity contribution in [1.29, 1.82) is 0 Å². The zero-order valence-corrected chi connectivity index (χ0v) is 15.4. The van der Waals surface area contributed by atoms with Crippen LogP contribution in [0.2, 0.25) is 0 Å². The Hall–Kier alpha value is -2.38. The summed E-state index contributed by atoms with van der Waals surface area (Å²) in [5.41, 5.74) is 2.39. The Balaban J connectivity index is 1.82. The molecule has 0 radical (unpaired) electrons. The number of aryl methyl sites for hydroxylation is 1. The van der Waals surface area contributed by atoms with Crippen LogP contribution in [-0.2, 0) is 6.42 Å². The maximum Gasteiger partial charge on any atom is 0.339 e. The van der Waals surface area contributed by atoms with E-state index in [4.69, 9.17) is 5.11 Å². The molecule has 138 valence electrons. The van der Waals surface area contributed by atoms with Gasteiger partial charge in [-0.25, -0.2) is 4.79 Å². The average Bonchev–Trinajstić information content (AvgIpc) is 3.00. The van der Waals surface area contributed by atoms with Crippen molar-refractivity contribution in [2.24, 2.45) is 0 Å². The minimum Gasteiger partial charge on any atom is -0.478 e. The number of carbonyl (C=O) groups excluding carboxylic acids is 1. The molecule has 0 spiro atoms. The predicted molar refractivity (Wildman–Crippen MR) is 103 cm³/mol. The second-order valence-corrected chi connectivity index (χ2v) is 7.53. The van der Waals surface area contributed by atoms with Gasteiger partial charge in [-0.05, 0) is 55.0 Å². The molecule has 1 amide bonds. The first-order valence-corrected chi connectivity index (χ1v) is 9.48. The monoisotopic (exact) mass is 374 g/mol. The number of hydrogen-bond donors (Lipinski definition) is 4. The molecule has 1 aromatic heterocycles. The van der Waals surface area contributed by atoms with Gasteiger partial charge in [-0.1, -0.05) is 6.92 Å². The van der Waals surface area contributed by atoms with Crippen molar-refractivity contribution in [3.8, 4) is 0 Å². The Bertz CT molecular complexity index is 814. The van der Waals surface area contributed by atoms with Gasteiger partial charge in [0.2, 0.25) is 0 Å². The summed E-state index contributed by atoms with van der Waals surface area (Å²) >= 11 is 1.38. The van der Waals surface area contributed by atoms with Crippen LogP contribution in [-0.4, -0.2) is 35.2 Å². The summed E-state index contributed by atoms with van der Waals surface area (Å²) in [5.74, 6) is -1.12. The van der Waals surface area contributed by atoms with Crippen molar-refractivity contribution in [2.45, 2.75) is 32.1 Å². The fraction of sp³-hybridized carbons (Fsp3) is 0.368. The third kappa shape index (κ3) is 3.73. The van der Waals surface area contributed by atoms with E-state index in [1.54, 1.807) is 24.3 Å². The second-order valence-electron chi connectivity index (χ2n) is 6.42. The summed E-state index contributed by atoms with van der Waals surface area (Å²) in [6.07, 6.45) is 2.88.